The maximum atomic E-state index is 12.1. The average Bonchev–Trinajstić information content (AvgIpc) is 2.26. The smallest absolute Gasteiger partial charge is 0.223 e. The lowest BCUT2D eigenvalue weighted by molar-refractivity contribution is -0.134. The van der Waals surface area contributed by atoms with Gasteiger partial charge in [-0.05, 0) is 29.0 Å². The molecule has 0 saturated carbocycles. The van der Waals surface area contributed by atoms with Gasteiger partial charge in [0.1, 0.15) is 0 Å². The summed E-state index contributed by atoms with van der Waals surface area (Å²) in [6.07, 6.45) is 1.59. The van der Waals surface area contributed by atoms with E-state index in [0.29, 0.717) is 6.42 Å². The summed E-state index contributed by atoms with van der Waals surface area (Å²) in [4.78, 5) is 14.1. The van der Waals surface area contributed by atoms with E-state index in [2.05, 4.69) is 32.9 Å². The number of amides is 1. The molecule has 1 radical (unpaired) electrons. The van der Waals surface area contributed by atoms with Crippen molar-refractivity contribution in [3.63, 3.8) is 0 Å². The monoisotopic (exact) mass is 230 g/mol. The largest absolute Gasteiger partial charge is 0.338 e. The van der Waals surface area contributed by atoms with Crippen LogP contribution < -0.4 is 0 Å². The number of nitrogens with zero attached hydrogens (tertiary/aromatic N) is 1. The molecule has 91 valence electrons. The molecule has 2 rings (SSSR count). The van der Waals surface area contributed by atoms with Crippen LogP contribution in [0.3, 0.4) is 0 Å². The van der Waals surface area contributed by atoms with E-state index >= 15 is 0 Å². The summed E-state index contributed by atoms with van der Waals surface area (Å²) in [5, 5.41) is 0. The van der Waals surface area contributed by atoms with E-state index in [0.717, 1.165) is 19.5 Å². The van der Waals surface area contributed by atoms with Crippen molar-refractivity contribution in [3.8, 4) is 0 Å². The van der Waals surface area contributed by atoms with Gasteiger partial charge in [0.25, 0.3) is 0 Å². The highest BCUT2D eigenvalue weighted by Gasteiger charge is 2.24. The Morgan fingerprint density at radius 1 is 1.41 bits per heavy atom. The van der Waals surface area contributed by atoms with Gasteiger partial charge >= 0.3 is 0 Å². The van der Waals surface area contributed by atoms with E-state index in [1.165, 1.54) is 11.1 Å². The molecule has 1 aliphatic rings. The molecule has 17 heavy (non-hydrogen) atoms. The molecule has 1 aliphatic heterocycles. The molecule has 1 aromatic rings. The third kappa shape index (κ3) is 3.09. The lowest BCUT2D eigenvalue weighted by Gasteiger charge is -2.31. The molecule has 1 amide bonds. The fraction of sp³-hybridized carbons (Fsp3) is 0.533. The van der Waals surface area contributed by atoms with Crippen LogP contribution in [0.2, 0.25) is 0 Å². The summed E-state index contributed by atoms with van der Waals surface area (Å²) in [5.41, 5.74) is 2.69. The Labute approximate surface area is 104 Å². The van der Waals surface area contributed by atoms with Crippen LogP contribution in [0.1, 0.15) is 38.3 Å². The second-order valence-electron chi connectivity index (χ2n) is 6.00. The zero-order valence-electron chi connectivity index (χ0n) is 10.9. The van der Waals surface area contributed by atoms with Gasteiger partial charge in [-0.2, -0.15) is 0 Å². The van der Waals surface area contributed by atoms with Crippen molar-refractivity contribution in [1.29, 1.82) is 0 Å². The highest BCUT2D eigenvalue weighted by atomic mass is 16.2. The summed E-state index contributed by atoms with van der Waals surface area (Å²) in [5.74, 6) is 0.274. The lowest BCUT2D eigenvalue weighted by atomic mass is 9.91. The normalized spacial score (nSPS) is 15.6. The van der Waals surface area contributed by atoms with E-state index < -0.39 is 0 Å². The highest BCUT2D eigenvalue weighted by molar-refractivity contribution is 5.77. The number of hydrogen-bond donors (Lipinski definition) is 0. The third-order valence-electron chi connectivity index (χ3n) is 3.10. The average molecular weight is 230 g/mol. The molecule has 1 aromatic carbocycles. The first-order valence-electron chi connectivity index (χ1n) is 6.21. The number of hydrogen-bond acceptors (Lipinski definition) is 1. The van der Waals surface area contributed by atoms with Gasteiger partial charge in [-0.15, -0.1) is 0 Å². The van der Waals surface area contributed by atoms with E-state index in [-0.39, 0.29) is 11.3 Å². The Morgan fingerprint density at radius 3 is 2.88 bits per heavy atom. The van der Waals surface area contributed by atoms with Crippen molar-refractivity contribution >= 4 is 5.91 Å². The molecule has 0 aliphatic carbocycles. The second-order valence-corrected chi connectivity index (χ2v) is 6.00. The zero-order chi connectivity index (χ0) is 12.5. The summed E-state index contributed by atoms with van der Waals surface area (Å²) in [6, 6.07) is 9.14. The second kappa shape index (κ2) is 4.52. The summed E-state index contributed by atoms with van der Waals surface area (Å²) >= 11 is 0. The quantitative estimate of drug-likeness (QED) is 0.726. The maximum absolute atomic E-state index is 12.1. The Balaban J connectivity index is 2.05. The molecule has 0 aromatic heterocycles. The lowest BCUT2D eigenvalue weighted by Crippen LogP contribution is -2.37. The van der Waals surface area contributed by atoms with E-state index in [1.807, 2.05) is 17.0 Å². The van der Waals surface area contributed by atoms with Crippen LogP contribution in [0, 0.1) is 11.5 Å². The van der Waals surface area contributed by atoms with Crippen molar-refractivity contribution in [2.75, 3.05) is 6.54 Å². The van der Waals surface area contributed by atoms with Crippen LogP contribution in [0.4, 0.5) is 0 Å². The molecule has 1 heterocycles. The summed E-state index contributed by atoms with van der Waals surface area (Å²) < 4.78 is 0. The van der Waals surface area contributed by atoms with Crippen molar-refractivity contribution in [3.05, 3.63) is 35.4 Å². The summed E-state index contributed by atoms with van der Waals surface area (Å²) in [7, 11) is 0. The Bertz CT molecular complexity index is 417. The Morgan fingerprint density at radius 2 is 2.18 bits per heavy atom. The van der Waals surface area contributed by atoms with Crippen LogP contribution in [-0.2, 0) is 17.8 Å². The first-order chi connectivity index (χ1) is 7.96. The molecule has 2 nitrogen and oxygen atoms in total. The molecule has 0 bridgehead atoms. The minimum absolute atomic E-state index is 0.0713. The minimum Gasteiger partial charge on any atom is -0.338 e. The van der Waals surface area contributed by atoms with Gasteiger partial charge in [0.15, 0.2) is 0 Å². The van der Waals surface area contributed by atoms with Crippen molar-refractivity contribution in [2.24, 2.45) is 5.41 Å². The Kier molecular flexibility index (Phi) is 3.23. The standard InChI is InChI=1S/C15H20NO/c1-15(2,3)10-14(17)16-9-8-12-6-4-5-7-13(12)11-16/h5-7H,8-11H2,1-3H3. The van der Waals surface area contributed by atoms with Crippen molar-refractivity contribution in [1.82, 2.24) is 4.90 Å². The third-order valence-corrected chi connectivity index (χ3v) is 3.10. The van der Waals surface area contributed by atoms with E-state index in [1.54, 1.807) is 0 Å². The minimum atomic E-state index is 0.0713. The number of fused-ring (bicyclic) bond motifs is 1. The van der Waals surface area contributed by atoms with Crippen LogP contribution in [0.5, 0.6) is 0 Å². The van der Waals surface area contributed by atoms with Gasteiger partial charge in [-0.3, -0.25) is 4.79 Å². The van der Waals surface area contributed by atoms with Crippen LogP contribution >= 0.6 is 0 Å². The highest BCUT2D eigenvalue weighted by Crippen LogP contribution is 2.23. The molecule has 0 spiro atoms. The fourth-order valence-corrected chi connectivity index (χ4v) is 2.20. The van der Waals surface area contributed by atoms with Crippen LogP contribution in [-0.4, -0.2) is 17.4 Å². The maximum Gasteiger partial charge on any atom is 0.223 e. The predicted molar refractivity (Wildman–Crippen MR) is 68.5 cm³/mol. The number of carbonyl (C=O) groups is 1. The van der Waals surface area contributed by atoms with Gasteiger partial charge in [0.05, 0.1) is 0 Å². The molecule has 0 N–H and O–H groups in total. The summed E-state index contributed by atoms with van der Waals surface area (Å²) in [6.45, 7) is 7.94. The number of benzene rings is 1. The predicted octanol–water partition coefficient (Wildman–Crippen LogP) is 2.81. The first kappa shape index (κ1) is 12.2. The number of carbonyl (C=O) groups excluding carboxylic acids is 1. The van der Waals surface area contributed by atoms with E-state index in [4.69, 9.17) is 0 Å². The van der Waals surface area contributed by atoms with Gasteiger partial charge in [-0.1, -0.05) is 39.0 Å². The molecule has 2 heteroatoms. The fourth-order valence-electron chi connectivity index (χ4n) is 2.20. The van der Waals surface area contributed by atoms with Gasteiger partial charge in [-0.25, -0.2) is 0 Å². The topological polar surface area (TPSA) is 20.3 Å². The SMILES string of the molecule is CC(C)(C)CC(=O)N1CCc2c[c]ccc2C1. The van der Waals surface area contributed by atoms with Gasteiger partial charge in [0, 0.05) is 19.5 Å². The van der Waals surface area contributed by atoms with Crippen molar-refractivity contribution in [2.45, 2.75) is 40.2 Å². The molecule has 0 saturated heterocycles. The molecule has 0 unspecified atom stereocenters. The molecular weight excluding hydrogens is 210 g/mol. The first-order valence-corrected chi connectivity index (χ1v) is 6.21. The van der Waals surface area contributed by atoms with Gasteiger partial charge in [0.2, 0.25) is 5.91 Å². The zero-order valence-corrected chi connectivity index (χ0v) is 10.9. The molecule has 0 atom stereocenters. The molecular formula is C15H20NO. The van der Waals surface area contributed by atoms with Crippen LogP contribution in [0.15, 0.2) is 18.2 Å². The Hall–Kier alpha value is -1.31. The molecule has 0 fully saturated rings. The van der Waals surface area contributed by atoms with Gasteiger partial charge < -0.3 is 4.90 Å². The van der Waals surface area contributed by atoms with Crippen molar-refractivity contribution < 1.29 is 4.79 Å². The van der Waals surface area contributed by atoms with E-state index in [9.17, 15) is 4.79 Å². The number of rotatable bonds is 1. The van der Waals surface area contributed by atoms with Crippen LogP contribution in [0.25, 0.3) is 0 Å².